The second-order valence-corrected chi connectivity index (χ2v) is 4.67. The topological polar surface area (TPSA) is 227 Å². The molecule has 0 saturated carbocycles. The van der Waals surface area contributed by atoms with Crippen LogP contribution in [0.2, 0.25) is 0 Å². The van der Waals surface area contributed by atoms with Gasteiger partial charge in [0.2, 0.25) is 0 Å². The van der Waals surface area contributed by atoms with E-state index in [1.54, 1.807) is 0 Å². The predicted molar refractivity (Wildman–Crippen MR) is 127 cm³/mol. The number of carbonyl (C=O) groups excluding carboxylic acids is 1. The third kappa shape index (κ3) is 322. The Balaban J connectivity index is -0.0000000293. The first-order valence-electron chi connectivity index (χ1n) is 8.12. The average molecular weight is 819 g/mol. The van der Waals surface area contributed by atoms with Gasteiger partial charge in [-0.25, -0.2) is 0 Å². The molecule has 0 fully saturated rings. The molecule has 0 aromatic heterocycles. The molecule has 208 valence electrons. The van der Waals surface area contributed by atoms with Gasteiger partial charge in [-0.3, -0.25) is 6.58 Å². The van der Waals surface area contributed by atoms with E-state index >= 15 is 0 Å². The van der Waals surface area contributed by atoms with E-state index in [9.17, 15) is 0 Å². The number of halogens is 3. The molecule has 0 aliphatic carbocycles. The van der Waals surface area contributed by atoms with Gasteiger partial charge in [0, 0.05) is 5.33 Å². The second kappa shape index (κ2) is 117. The van der Waals surface area contributed by atoms with Crippen LogP contribution in [0.25, 0.3) is 0 Å². The Labute approximate surface area is 232 Å². The van der Waals surface area contributed by atoms with Gasteiger partial charge in [-0.2, -0.15) is 5.75 Å². The number of rotatable bonds is 9. The Bertz CT molecular complexity index is 176. The maximum Gasteiger partial charge on any atom is 2.00 e. The number of ether oxygens (including phenoxy) is 3. The van der Waals surface area contributed by atoms with E-state index in [-0.39, 0.29) is 86.6 Å². The minimum atomic E-state index is -0.750. The van der Waals surface area contributed by atoms with Crippen molar-refractivity contribution in [3.63, 3.8) is 0 Å². The number of hydrogen-bond acceptors (Lipinski definition) is 13. The number of alkyl halides is 2. The van der Waals surface area contributed by atoms with Gasteiger partial charge in [0.25, 0.3) is 0 Å². The molecule has 0 aliphatic rings. The molecule has 0 rings (SSSR count). The first-order chi connectivity index (χ1) is 15.4. The molecular weight excluding hydrogens is 779 g/mol. The van der Waals surface area contributed by atoms with Crippen molar-refractivity contribution in [2.24, 2.45) is 0 Å². The normalized spacial score (nSPS) is 7.06. The third-order valence-electron chi connectivity index (χ3n) is 0.981. The Hall–Kier alpha value is 0.868. The van der Waals surface area contributed by atoms with Crippen molar-refractivity contribution in [1.82, 2.24) is 0 Å². The van der Waals surface area contributed by atoms with Crippen LogP contribution in [0.4, 0.5) is 0 Å². The smallest absolute Gasteiger partial charge is 0.525 e. The number of aliphatic hydroxyl groups excluding tert-OH is 8. The summed E-state index contributed by atoms with van der Waals surface area (Å²) in [5.41, 5.74) is 0.0625. The van der Waals surface area contributed by atoms with Crippen molar-refractivity contribution in [3.8, 4) is 0 Å². The van der Waals surface area contributed by atoms with Crippen LogP contribution in [0.3, 0.4) is 0 Å². The van der Waals surface area contributed by atoms with Gasteiger partial charge >= 0.3 is 21.1 Å². The van der Waals surface area contributed by atoms with Gasteiger partial charge in [0.15, 0.2) is 0 Å². The molecule has 9 N–H and O–H groups in total. The molecule has 0 aliphatic heterocycles. The average Bonchev–Trinajstić information content (AvgIpc) is 2.79. The summed E-state index contributed by atoms with van der Waals surface area (Å²) in [4.78, 5) is 8.45. The van der Waals surface area contributed by atoms with E-state index in [1.807, 2.05) is 6.92 Å². The van der Waals surface area contributed by atoms with Gasteiger partial charge in [0.1, 0.15) is 27.2 Å². The van der Waals surface area contributed by atoms with Crippen molar-refractivity contribution in [2.45, 2.75) is 6.92 Å². The SMILES string of the molecule is CCBr.O=[C-]Cl.OCBr.OCCOCO.OCCOCO.OCCOCO.OCO.[CH-]=C.[W+2]. The first kappa shape index (κ1) is 59.2. The van der Waals surface area contributed by atoms with E-state index in [2.05, 4.69) is 70.8 Å². The molecule has 0 radical (unpaired) electrons. The molecule has 0 spiro atoms. The molecule has 0 amide bonds. The van der Waals surface area contributed by atoms with Gasteiger partial charge in [-0.1, -0.05) is 38.8 Å². The van der Waals surface area contributed by atoms with Crippen molar-refractivity contribution in [2.75, 3.05) is 77.7 Å². The van der Waals surface area contributed by atoms with Crippen molar-refractivity contribution in [1.29, 1.82) is 0 Å². The van der Waals surface area contributed by atoms with Crippen LogP contribution in [0, 0.1) is 6.58 Å². The Kier molecular flexibility index (Phi) is 210. The monoisotopic (exact) mass is 816 g/mol. The summed E-state index contributed by atoms with van der Waals surface area (Å²) >= 11 is 10.0. The van der Waals surface area contributed by atoms with Gasteiger partial charge in [-0.15, -0.1) is 0 Å². The van der Waals surface area contributed by atoms with Crippen molar-refractivity contribution >= 4 is 49.2 Å². The maximum absolute atomic E-state index is 8.45. The van der Waals surface area contributed by atoms with E-state index in [1.165, 1.54) is 0 Å². The molecule has 0 bridgehead atoms. The van der Waals surface area contributed by atoms with Gasteiger partial charge < -0.3 is 83.1 Å². The Morgan fingerprint density at radius 3 is 0.909 bits per heavy atom. The standard InChI is InChI=1S/3C3H8O3.C2H5Br.C2H3.CH3BrO.CClO.CH4O2.W/c3*4-1-2-6-3-5;1-2-3;1-2;3*2-1-3;/h3*4-5H,1-3H2;2H2,1H3;1H,2H2;3H,1H2;;2-3H,1H2;/q;;;;-1;;-1;;+2. The molecule has 33 heavy (non-hydrogen) atoms. The molecule has 0 unspecified atom stereocenters. The quantitative estimate of drug-likeness (QED) is 0.0421. The van der Waals surface area contributed by atoms with Crippen LogP contribution in [-0.4, -0.2) is 129 Å². The fourth-order valence-corrected chi connectivity index (χ4v) is 0.387. The van der Waals surface area contributed by atoms with Crippen LogP contribution in [0.15, 0.2) is 6.58 Å². The Morgan fingerprint density at radius 2 is 0.879 bits per heavy atom. The third-order valence-corrected chi connectivity index (χ3v) is 0.981. The molecule has 0 saturated heterocycles. The fraction of sp³-hybridized carbons (Fsp3) is 0.812. The van der Waals surface area contributed by atoms with Crippen LogP contribution in [0.1, 0.15) is 6.92 Å². The van der Waals surface area contributed by atoms with Crippen LogP contribution < -0.4 is 0 Å². The molecule has 0 heterocycles. The minimum absolute atomic E-state index is 0. The summed E-state index contributed by atoms with van der Waals surface area (Å²) in [6.07, 6.45) is 0. The number of hydrogen-bond donors (Lipinski definition) is 9. The van der Waals surface area contributed by atoms with E-state index in [0.717, 1.165) is 11.1 Å². The molecule has 0 aromatic carbocycles. The minimum Gasteiger partial charge on any atom is -0.525 e. The van der Waals surface area contributed by atoms with Crippen LogP contribution >= 0.6 is 43.5 Å². The van der Waals surface area contributed by atoms with Crippen LogP contribution in [-0.2, 0) is 40.1 Å². The zero-order valence-corrected chi connectivity index (χ0v) is 25.3. The second-order valence-electron chi connectivity index (χ2n) is 2.89. The predicted octanol–water partition coefficient (Wildman–Crippen LogP) is -1.61. The van der Waals surface area contributed by atoms with E-state index in [0.29, 0.717) is 0 Å². The van der Waals surface area contributed by atoms with Crippen molar-refractivity contribution in [3.05, 3.63) is 13.2 Å². The largest absolute Gasteiger partial charge is 2.00 e. The van der Waals surface area contributed by atoms with Gasteiger partial charge in [0.05, 0.1) is 45.2 Å². The van der Waals surface area contributed by atoms with E-state index in [4.69, 9.17) is 50.8 Å². The molecular formula is C16H39Br2ClO13W. The summed E-state index contributed by atoms with van der Waals surface area (Å²) in [5, 5.41) is 70.3. The van der Waals surface area contributed by atoms with Crippen LogP contribution in [0.5, 0.6) is 0 Å². The number of aliphatic hydroxyl groups is 9. The Morgan fingerprint density at radius 1 is 0.758 bits per heavy atom. The summed E-state index contributed by atoms with van der Waals surface area (Å²) in [6.45, 7) is 7.95. The summed E-state index contributed by atoms with van der Waals surface area (Å²) in [5.74, 6) is 0.972. The van der Waals surface area contributed by atoms with Gasteiger partial charge in [-0.05, 0) is 0 Å². The summed E-state index contributed by atoms with van der Waals surface area (Å²) in [7, 11) is 0. The molecule has 0 atom stereocenters. The zero-order chi connectivity index (χ0) is 27.3. The van der Waals surface area contributed by atoms with Crippen molar-refractivity contribution < 1.29 is 86.0 Å². The first-order valence-corrected chi connectivity index (χ1v) is 10.7. The van der Waals surface area contributed by atoms with E-state index < -0.39 is 6.79 Å². The maximum atomic E-state index is 8.45. The molecule has 0 aromatic rings. The fourth-order valence-electron chi connectivity index (χ4n) is 0.387. The zero-order valence-electron chi connectivity index (χ0n) is 18.5. The summed E-state index contributed by atoms with van der Waals surface area (Å²) < 4.78 is 12.9. The molecule has 17 heteroatoms. The molecule has 13 nitrogen and oxygen atoms in total. The summed E-state index contributed by atoms with van der Waals surface area (Å²) in [6, 6.07) is 0.